The number of hydrogen-bond donors (Lipinski definition) is 0. The van der Waals surface area contributed by atoms with Gasteiger partial charge in [-0.1, -0.05) is 0 Å². The number of rotatable bonds is 3. The van der Waals surface area contributed by atoms with Gasteiger partial charge in [-0.05, 0) is 24.3 Å². The van der Waals surface area contributed by atoms with Crippen molar-refractivity contribution in [1.29, 1.82) is 0 Å². The molecule has 0 aliphatic carbocycles. The second kappa shape index (κ2) is 4.86. The second-order valence-electron chi connectivity index (χ2n) is 4.21. The van der Waals surface area contributed by atoms with Crippen LogP contribution in [0.1, 0.15) is 0 Å². The quantitative estimate of drug-likeness (QED) is 0.529. The summed E-state index contributed by atoms with van der Waals surface area (Å²) < 4.78 is 36.7. The summed E-state index contributed by atoms with van der Waals surface area (Å²) in [5, 5.41) is 11.6. The lowest BCUT2D eigenvalue weighted by atomic mass is 10.2. The van der Waals surface area contributed by atoms with E-state index in [9.17, 15) is 18.9 Å². The number of nitrogens with zero attached hydrogens (tertiary/aromatic N) is 1. The summed E-state index contributed by atoms with van der Waals surface area (Å²) in [5.41, 5.74) is -0.0604. The summed E-state index contributed by atoms with van der Waals surface area (Å²) in [6, 6.07) is 6.84. The molecule has 21 heavy (non-hydrogen) atoms. The summed E-state index contributed by atoms with van der Waals surface area (Å²) >= 11 is 0. The zero-order valence-electron chi connectivity index (χ0n) is 10.4. The molecule has 3 rings (SSSR count). The van der Waals surface area contributed by atoms with Crippen LogP contribution < -0.4 is 4.74 Å². The molecule has 0 aliphatic heterocycles. The third-order valence-electron chi connectivity index (χ3n) is 2.84. The van der Waals surface area contributed by atoms with Crippen LogP contribution in [0.2, 0.25) is 0 Å². The highest BCUT2D eigenvalue weighted by Gasteiger charge is 2.20. The Kier molecular flexibility index (Phi) is 3.02. The molecule has 0 spiro atoms. The molecule has 0 saturated heterocycles. The van der Waals surface area contributed by atoms with E-state index in [0.29, 0.717) is 17.0 Å². The predicted octanol–water partition coefficient (Wildman–Crippen LogP) is 4.41. The van der Waals surface area contributed by atoms with Gasteiger partial charge in [0.1, 0.15) is 11.4 Å². The van der Waals surface area contributed by atoms with Gasteiger partial charge in [0, 0.05) is 11.5 Å². The van der Waals surface area contributed by atoms with Gasteiger partial charge < -0.3 is 9.15 Å². The molecule has 106 valence electrons. The predicted molar refractivity (Wildman–Crippen MR) is 69.3 cm³/mol. The maximum absolute atomic E-state index is 13.6. The molecule has 0 atom stereocenters. The molecule has 0 bridgehead atoms. The van der Waals surface area contributed by atoms with Crippen molar-refractivity contribution in [3.05, 3.63) is 64.4 Å². The average Bonchev–Trinajstić information content (AvgIpc) is 2.88. The first-order valence-electron chi connectivity index (χ1n) is 5.83. The molecule has 0 radical (unpaired) electrons. The van der Waals surface area contributed by atoms with Crippen LogP contribution in [0.25, 0.3) is 11.0 Å². The molecule has 0 amide bonds. The Morgan fingerprint density at radius 1 is 1.10 bits per heavy atom. The number of fused-ring (bicyclic) bond motifs is 1. The van der Waals surface area contributed by atoms with Crippen molar-refractivity contribution in [2.24, 2.45) is 0 Å². The number of benzene rings is 2. The molecule has 2 aromatic carbocycles. The van der Waals surface area contributed by atoms with Gasteiger partial charge in [-0.25, -0.2) is 8.78 Å². The van der Waals surface area contributed by atoms with Crippen molar-refractivity contribution in [2.45, 2.75) is 0 Å². The summed E-state index contributed by atoms with van der Waals surface area (Å²) in [4.78, 5) is 10.4. The second-order valence-corrected chi connectivity index (χ2v) is 4.21. The van der Waals surface area contributed by atoms with E-state index in [0.717, 1.165) is 12.1 Å². The number of nitro benzene ring substituents is 1. The smallest absolute Gasteiger partial charge is 0.315 e. The van der Waals surface area contributed by atoms with Crippen molar-refractivity contribution >= 4 is 16.7 Å². The maximum Gasteiger partial charge on any atom is 0.315 e. The Bertz CT molecular complexity index is 844. The molecule has 0 N–H and O–H groups in total. The molecular formula is C14H7F2NO4. The van der Waals surface area contributed by atoms with Crippen molar-refractivity contribution in [3.8, 4) is 11.5 Å². The van der Waals surface area contributed by atoms with E-state index >= 15 is 0 Å². The topological polar surface area (TPSA) is 65.5 Å². The first-order chi connectivity index (χ1) is 10.0. The van der Waals surface area contributed by atoms with Crippen molar-refractivity contribution < 1.29 is 22.9 Å². The lowest BCUT2D eigenvalue weighted by Crippen LogP contribution is -1.95. The van der Waals surface area contributed by atoms with Crippen LogP contribution in [0.4, 0.5) is 14.5 Å². The molecule has 0 fully saturated rings. The average molecular weight is 291 g/mol. The van der Waals surface area contributed by atoms with E-state index in [1.807, 2.05) is 0 Å². The summed E-state index contributed by atoms with van der Waals surface area (Å²) in [5.74, 6) is -2.17. The molecule has 3 aromatic rings. The van der Waals surface area contributed by atoms with Crippen LogP contribution in [-0.2, 0) is 0 Å². The Morgan fingerprint density at radius 2 is 1.90 bits per heavy atom. The third-order valence-corrected chi connectivity index (χ3v) is 2.84. The van der Waals surface area contributed by atoms with Crippen molar-refractivity contribution in [3.63, 3.8) is 0 Å². The van der Waals surface area contributed by atoms with E-state index in [4.69, 9.17) is 9.15 Å². The van der Waals surface area contributed by atoms with Gasteiger partial charge in [0.2, 0.25) is 5.75 Å². The first-order valence-corrected chi connectivity index (χ1v) is 5.83. The highest BCUT2D eigenvalue weighted by Crippen LogP contribution is 2.36. The van der Waals surface area contributed by atoms with E-state index < -0.39 is 16.6 Å². The number of nitro groups is 1. The van der Waals surface area contributed by atoms with Crippen LogP contribution in [0.3, 0.4) is 0 Å². The Balaban J connectivity index is 2.09. The summed E-state index contributed by atoms with van der Waals surface area (Å²) in [6.45, 7) is 0. The lowest BCUT2D eigenvalue weighted by molar-refractivity contribution is -0.385. The van der Waals surface area contributed by atoms with Crippen LogP contribution in [0.15, 0.2) is 47.1 Å². The van der Waals surface area contributed by atoms with E-state index in [1.54, 1.807) is 6.07 Å². The fourth-order valence-electron chi connectivity index (χ4n) is 1.88. The van der Waals surface area contributed by atoms with E-state index in [2.05, 4.69) is 0 Å². The highest BCUT2D eigenvalue weighted by atomic mass is 19.1. The number of ether oxygens (including phenoxy) is 1. The van der Waals surface area contributed by atoms with Crippen LogP contribution >= 0.6 is 0 Å². The van der Waals surface area contributed by atoms with Gasteiger partial charge in [-0.15, -0.1) is 0 Å². The molecule has 7 heteroatoms. The Morgan fingerprint density at radius 3 is 2.62 bits per heavy atom. The van der Waals surface area contributed by atoms with E-state index in [1.165, 1.54) is 18.4 Å². The largest absolute Gasteiger partial charge is 0.464 e. The molecule has 0 aliphatic rings. The van der Waals surface area contributed by atoms with Crippen molar-refractivity contribution in [2.75, 3.05) is 0 Å². The Hall–Kier alpha value is -2.96. The highest BCUT2D eigenvalue weighted by molar-refractivity contribution is 5.82. The standard InChI is InChI=1S/C14H7F2NO4/c15-9-1-2-12(10(16)6-9)21-14-5-8-3-4-20-13(8)7-11(14)17(18)19/h1-7H. The zero-order chi connectivity index (χ0) is 15.0. The zero-order valence-corrected chi connectivity index (χ0v) is 10.4. The van der Waals surface area contributed by atoms with Crippen LogP contribution in [-0.4, -0.2) is 4.92 Å². The SMILES string of the molecule is O=[N+]([O-])c1cc2occc2cc1Oc1ccc(F)cc1F. The monoisotopic (exact) mass is 291 g/mol. The molecule has 1 aromatic heterocycles. The Labute approximate surface area is 116 Å². The minimum atomic E-state index is -0.948. The molecule has 5 nitrogen and oxygen atoms in total. The first kappa shape index (κ1) is 13.0. The normalized spacial score (nSPS) is 10.8. The summed E-state index contributed by atoms with van der Waals surface area (Å²) in [6.07, 6.45) is 1.37. The van der Waals surface area contributed by atoms with Gasteiger partial charge in [-0.3, -0.25) is 10.1 Å². The minimum absolute atomic E-state index is 0.153. The molecule has 0 unspecified atom stereocenters. The number of furan rings is 1. The van der Waals surface area contributed by atoms with Gasteiger partial charge >= 0.3 is 5.69 Å². The molecule has 0 saturated carbocycles. The summed E-state index contributed by atoms with van der Waals surface area (Å²) in [7, 11) is 0. The lowest BCUT2D eigenvalue weighted by Gasteiger charge is -2.07. The van der Waals surface area contributed by atoms with Crippen LogP contribution in [0.5, 0.6) is 11.5 Å². The van der Waals surface area contributed by atoms with Crippen molar-refractivity contribution in [1.82, 2.24) is 0 Å². The fourth-order valence-corrected chi connectivity index (χ4v) is 1.88. The third kappa shape index (κ3) is 2.40. The van der Waals surface area contributed by atoms with Gasteiger partial charge in [0.15, 0.2) is 11.6 Å². The molecular weight excluding hydrogens is 284 g/mol. The number of halogens is 2. The minimum Gasteiger partial charge on any atom is -0.464 e. The van der Waals surface area contributed by atoms with Crippen LogP contribution in [0, 0.1) is 21.7 Å². The fraction of sp³-hybridized carbons (Fsp3) is 0. The van der Waals surface area contributed by atoms with Gasteiger partial charge in [0.25, 0.3) is 0 Å². The molecule has 1 heterocycles. The van der Waals surface area contributed by atoms with Gasteiger partial charge in [0.05, 0.1) is 17.3 Å². The maximum atomic E-state index is 13.6. The number of hydrogen-bond acceptors (Lipinski definition) is 4. The van der Waals surface area contributed by atoms with E-state index in [-0.39, 0.29) is 17.2 Å². The van der Waals surface area contributed by atoms with Gasteiger partial charge in [-0.2, -0.15) is 0 Å².